The zero-order valence-electron chi connectivity index (χ0n) is 21.5. The van der Waals surface area contributed by atoms with Crippen molar-refractivity contribution in [1.29, 1.82) is 0 Å². The molecular weight excluding hydrogens is 474 g/mol. The summed E-state index contributed by atoms with van der Waals surface area (Å²) in [5.74, 6) is -0.767. The zero-order chi connectivity index (χ0) is 26.7. The van der Waals surface area contributed by atoms with E-state index in [0.717, 1.165) is 21.7 Å². The van der Waals surface area contributed by atoms with Crippen LogP contribution in [-0.2, 0) is 20.2 Å². The Labute approximate surface area is 213 Å². The lowest BCUT2D eigenvalue weighted by Crippen LogP contribution is -2.45. The fourth-order valence-corrected chi connectivity index (χ4v) is 4.92. The minimum absolute atomic E-state index is 0.00910. The van der Waals surface area contributed by atoms with Crippen LogP contribution in [0.2, 0.25) is 0 Å². The highest BCUT2D eigenvalue weighted by atomic mass is 32.2. The third-order valence-electron chi connectivity index (χ3n) is 5.78. The van der Waals surface area contributed by atoms with E-state index in [-0.39, 0.29) is 11.3 Å². The number of hydrogen-bond donors (Lipinski definition) is 2. The van der Waals surface area contributed by atoms with Gasteiger partial charge in [0.25, 0.3) is 5.91 Å². The topological polar surface area (TPSA) is 95.6 Å². The first-order valence-electron chi connectivity index (χ1n) is 11.6. The summed E-state index contributed by atoms with van der Waals surface area (Å²) in [6.45, 7) is 9.76. The van der Waals surface area contributed by atoms with Crippen LogP contribution in [0.25, 0.3) is 0 Å². The molecule has 0 fully saturated rings. The molecule has 0 heterocycles. The molecule has 1 atom stereocenters. The molecule has 0 unspecified atom stereocenters. The van der Waals surface area contributed by atoms with Crippen LogP contribution in [0.5, 0.6) is 0 Å². The molecule has 2 amide bonds. The number of amides is 2. The van der Waals surface area contributed by atoms with Gasteiger partial charge in [-0.2, -0.15) is 0 Å². The second kappa shape index (κ2) is 10.5. The van der Waals surface area contributed by atoms with Crippen molar-refractivity contribution in [3.05, 3.63) is 89.5 Å². The molecule has 36 heavy (non-hydrogen) atoms. The molecule has 0 bridgehead atoms. The van der Waals surface area contributed by atoms with Gasteiger partial charge >= 0.3 is 0 Å². The molecule has 0 radical (unpaired) electrons. The Hall–Kier alpha value is -3.65. The number of rotatable bonds is 7. The van der Waals surface area contributed by atoms with Gasteiger partial charge < -0.3 is 10.6 Å². The molecule has 0 aliphatic rings. The van der Waals surface area contributed by atoms with Gasteiger partial charge in [-0.25, -0.2) is 8.42 Å². The number of anilines is 3. The van der Waals surface area contributed by atoms with Crippen LogP contribution < -0.4 is 14.9 Å². The van der Waals surface area contributed by atoms with Gasteiger partial charge in [-0.3, -0.25) is 13.9 Å². The van der Waals surface area contributed by atoms with Crippen LogP contribution in [0.1, 0.15) is 49.2 Å². The quantitative estimate of drug-likeness (QED) is 0.451. The van der Waals surface area contributed by atoms with E-state index in [1.807, 2.05) is 19.1 Å². The SMILES string of the molecule is Cc1ccc(N([C@H](C)C(=O)Nc2cccc(NC(=O)c3ccc(C(C)(C)C)cc3)c2)S(C)(=O)=O)cc1. The maximum atomic E-state index is 13.0. The van der Waals surface area contributed by atoms with Crippen LogP contribution in [-0.4, -0.2) is 32.5 Å². The molecule has 190 valence electrons. The fraction of sp³-hybridized carbons (Fsp3) is 0.286. The predicted octanol–water partition coefficient (Wildman–Crippen LogP) is 5.34. The summed E-state index contributed by atoms with van der Waals surface area (Å²) in [4.78, 5) is 25.7. The summed E-state index contributed by atoms with van der Waals surface area (Å²) in [7, 11) is -3.72. The fourth-order valence-electron chi connectivity index (χ4n) is 3.75. The molecule has 3 aromatic carbocycles. The monoisotopic (exact) mass is 507 g/mol. The number of nitrogens with zero attached hydrogens (tertiary/aromatic N) is 1. The van der Waals surface area contributed by atoms with E-state index in [1.165, 1.54) is 6.92 Å². The van der Waals surface area contributed by atoms with E-state index < -0.39 is 22.0 Å². The smallest absolute Gasteiger partial charge is 0.255 e. The molecule has 0 aliphatic heterocycles. The molecule has 8 heteroatoms. The summed E-state index contributed by atoms with van der Waals surface area (Å²) in [6.07, 6.45) is 1.07. The second-order valence-corrected chi connectivity index (χ2v) is 11.8. The summed E-state index contributed by atoms with van der Waals surface area (Å²) in [6, 6.07) is 20.1. The first-order chi connectivity index (χ1) is 16.8. The lowest BCUT2D eigenvalue weighted by Gasteiger charge is -2.28. The van der Waals surface area contributed by atoms with Gasteiger partial charge in [0.05, 0.1) is 11.9 Å². The van der Waals surface area contributed by atoms with Gasteiger partial charge in [-0.1, -0.05) is 56.7 Å². The molecule has 7 nitrogen and oxygen atoms in total. The molecule has 0 saturated carbocycles. The maximum Gasteiger partial charge on any atom is 0.255 e. The van der Waals surface area contributed by atoms with E-state index >= 15 is 0 Å². The van der Waals surface area contributed by atoms with Gasteiger partial charge in [-0.15, -0.1) is 0 Å². The van der Waals surface area contributed by atoms with Crippen LogP contribution in [0.4, 0.5) is 17.1 Å². The molecule has 0 spiro atoms. The van der Waals surface area contributed by atoms with Gasteiger partial charge in [0, 0.05) is 16.9 Å². The summed E-state index contributed by atoms with van der Waals surface area (Å²) < 4.78 is 26.1. The molecule has 0 aromatic heterocycles. The largest absolute Gasteiger partial charge is 0.324 e. The molecular formula is C28H33N3O4S. The van der Waals surface area contributed by atoms with Crippen molar-refractivity contribution in [2.75, 3.05) is 21.2 Å². The summed E-state index contributed by atoms with van der Waals surface area (Å²) >= 11 is 0. The molecule has 0 saturated heterocycles. The molecule has 0 aliphatic carbocycles. The Morgan fingerprint density at radius 2 is 1.42 bits per heavy atom. The van der Waals surface area contributed by atoms with Crippen LogP contribution >= 0.6 is 0 Å². The van der Waals surface area contributed by atoms with E-state index in [0.29, 0.717) is 22.6 Å². The second-order valence-electron chi connectivity index (χ2n) is 9.92. The molecule has 3 rings (SSSR count). The van der Waals surface area contributed by atoms with Crippen molar-refractivity contribution in [1.82, 2.24) is 0 Å². The number of carbonyl (C=O) groups is 2. The average molecular weight is 508 g/mol. The van der Waals surface area contributed by atoms with Crippen LogP contribution in [0.15, 0.2) is 72.8 Å². The van der Waals surface area contributed by atoms with Crippen molar-refractivity contribution < 1.29 is 18.0 Å². The number of aryl methyl sites for hydroxylation is 1. The number of sulfonamides is 1. The number of carbonyl (C=O) groups excluding carboxylic acids is 2. The predicted molar refractivity (Wildman–Crippen MR) is 146 cm³/mol. The maximum absolute atomic E-state index is 13.0. The van der Waals surface area contributed by atoms with E-state index in [2.05, 4.69) is 31.4 Å². The number of hydrogen-bond acceptors (Lipinski definition) is 4. The van der Waals surface area contributed by atoms with Crippen molar-refractivity contribution in [3.63, 3.8) is 0 Å². The summed E-state index contributed by atoms with van der Waals surface area (Å²) in [5.41, 5.74) is 3.97. The van der Waals surface area contributed by atoms with E-state index in [9.17, 15) is 18.0 Å². The highest BCUT2D eigenvalue weighted by Crippen LogP contribution is 2.24. The Morgan fingerprint density at radius 1 is 0.861 bits per heavy atom. The van der Waals surface area contributed by atoms with E-state index in [1.54, 1.807) is 60.7 Å². The Morgan fingerprint density at radius 3 is 1.94 bits per heavy atom. The summed E-state index contributed by atoms with van der Waals surface area (Å²) in [5, 5.41) is 5.60. The van der Waals surface area contributed by atoms with Gasteiger partial charge in [0.15, 0.2) is 0 Å². The number of benzene rings is 3. The Bertz CT molecular complexity index is 1340. The molecule has 3 aromatic rings. The first-order valence-corrected chi connectivity index (χ1v) is 13.5. The highest BCUT2D eigenvalue weighted by Gasteiger charge is 2.29. The average Bonchev–Trinajstić information content (AvgIpc) is 2.79. The zero-order valence-corrected chi connectivity index (χ0v) is 22.3. The van der Waals surface area contributed by atoms with Gasteiger partial charge in [0.1, 0.15) is 6.04 Å². The lowest BCUT2D eigenvalue weighted by molar-refractivity contribution is -0.116. The van der Waals surface area contributed by atoms with Crippen molar-refractivity contribution >= 4 is 38.9 Å². The third kappa shape index (κ3) is 6.73. The normalized spacial score (nSPS) is 12.5. The van der Waals surface area contributed by atoms with Crippen LogP contribution in [0.3, 0.4) is 0 Å². The van der Waals surface area contributed by atoms with Crippen LogP contribution in [0, 0.1) is 6.92 Å². The van der Waals surface area contributed by atoms with Crippen molar-refractivity contribution in [2.24, 2.45) is 0 Å². The first kappa shape index (κ1) is 26.9. The van der Waals surface area contributed by atoms with Crippen molar-refractivity contribution in [2.45, 2.75) is 46.1 Å². The molecule has 2 N–H and O–H groups in total. The van der Waals surface area contributed by atoms with Gasteiger partial charge in [0.2, 0.25) is 15.9 Å². The highest BCUT2D eigenvalue weighted by molar-refractivity contribution is 7.92. The lowest BCUT2D eigenvalue weighted by atomic mass is 9.87. The van der Waals surface area contributed by atoms with Gasteiger partial charge in [-0.05, 0) is 67.3 Å². The minimum atomic E-state index is -3.72. The van der Waals surface area contributed by atoms with E-state index in [4.69, 9.17) is 0 Å². The van der Waals surface area contributed by atoms with Crippen molar-refractivity contribution in [3.8, 4) is 0 Å². The Balaban J connectivity index is 1.73. The standard InChI is InChI=1S/C28H33N3O4S/c1-19-10-16-25(17-11-19)31(36(6,34)35)20(2)26(32)29-23-8-7-9-24(18-23)30-27(33)21-12-14-22(15-13-21)28(3,4)5/h7-18,20H,1-6H3,(H,29,32)(H,30,33)/t20-/m1/s1. The third-order valence-corrected chi connectivity index (χ3v) is 7.02. The minimum Gasteiger partial charge on any atom is -0.324 e. The number of nitrogens with one attached hydrogen (secondary N) is 2. The Kier molecular flexibility index (Phi) is 7.89.